The molecule has 96 valence electrons. The Morgan fingerprint density at radius 2 is 1.81 bits per heavy atom. The highest BCUT2D eigenvalue weighted by Crippen LogP contribution is 2.45. The molecule has 1 aliphatic carbocycles. The molecule has 1 saturated heterocycles. The standard InChI is InChI=1S/C10H17NO.2C2H6/c1-8-2-4-10(6-8)5-3-9(12)11-7-10;2*1-2/h8H,2-7H2,1H3,(H,11,12);2*1-2H3. The van der Waals surface area contributed by atoms with Gasteiger partial charge in [0.1, 0.15) is 0 Å². The molecule has 2 heteroatoms. The van der Waals surface area contributed by atoms with Crippen molar-refractivity contribution in [3.63, 3.8) is 0 Å². The van der Waals surface area contributed by atoms with Crippen molar-refractivity contribution >= 4 is 5.91 Å². The molecule has 1 saturated carbocycles. The summed E-state index contributed by atoms with van der Waals surface area (Å²) in [5.41, 5.74) is 0.493. The molecule has 1 heterocycles. The molecular weight excluding hydrogens is 198 g/mol. The Balaban J connectivity index is 0.000000509. The SMILES string of the molecule is CC.CC.CC1CCC2(CCC(=O)NC2)C1. The van der Waals surface area contributed by atoms with E-state index in [0.29, 0.717) is 5.41 Å². The smallest absolute Gasteiger partial charge is 0.220 e. The van der Waals surface area contributed by atoms with Crippen LogP contribution in [-0.2, 0) is 4.79 Å². The van der Waals surface area contributed by atoms with E-state index in [0.717, 1.165) is 25.3 Å². The van der Waals surface area contributed by atoms with Gasteiger partial charge in [0, 0.05) is 13.0 Å². The second kappa shape index (κ2) is 7.70. The van der Waals surface area contributed by atoms with Gasteiger partial charge in [-0.1, -0.05) is 41.0 Å². The predicted molar refractivity (Wildman–Crippen MR) is 70.4 cm³/mol. The summed E-state index contributed by atoms with van der Waals surface area (Å²) in [5.74, 6) is 1.13. The number of carbonyl (C=O) groups excluding carboxylic acids is 1. The molecule has 2 aliphatic rings. The van der Waals surface area contributed by atoms with E-state index in [2.05, 4.69) is 12.2 Å². The third kappa shape index (κ3) is 4.15. The van der Waals surface area contributed by atoms with Crippen molar-refractivity contribution in [2.45, 2.75) is 66.7 Å². The Morgan fingerprint density at radius 1 is 1.19 bits per heavy atom. The summed E-state index contributed by atoms with van der Waals surface area (Å²) in [7, 11) is 0. The monoisotopic (exact) mass is 227 g/mol. The number of hydrogen-bond acceptors (Lipinski definition) is 1. The highest BCUT2D eigenvalue weighted by molar-refractivity contribution is 5.76. The molecule has 16 heavy (non-hydrogen) atoms. The number of rotatable bonds is 0. The minimum absolute atomic E-state index is 0.250. The molecule has 1 N–H and O–H groups in total. The molecule has 1 amide bonds. The Hall–Kier alpha value is -0.530. The summed E-state index contributed by atoms with van der Waals surface area (Å²) >= 11 is 0. The van der Waals surface area contributed by atoms with Crippen LogP contribution in [0.2, 0.25) is 0 Å². The first-order chi connectivity index (χ1) is 7.70. The van der Waals surface area contributed by atoms with E-state index in [-0.39, 0.29) is 5.91 Å². The van der Waals surface area contributed by atoms with Crippen LogP contribution in [0.1, 0.15) is 66.7 Å². The minimum Gasteiger partial charge on any atom is -0.356 e. The minimum atomic E-state index is 0.250. The molecule has 0 aromatic rings. The molecule has 2 rings (SSSR count). The van der Waals surface area contributed by atoms with E-state index >= 15 is 0 Å². The molecule has 1 aliphatic heterocycles. The zero-order chi connectivity index (χ0) is 12.6. The van der Waals surface area contributed by atoms with Gasteiger partial charge in [0.15, 0.2) is 0 Å². The number of amides is 1. The third-order valence-electron chi connectivity index (χ3n) is 3.49. The molecule has 2 unspecified atom stereocenters. The van der Waals surface area contributed by atoms with E-state index in [1.807, 2.05) is 27.7 Å². The van der Waals surface area contributed by atoms with Crippen LogP contribution >= 0.6 is 0 Å². The van der Waals surface area contributed by atoms with Gasteiger partial charge < -0.3 is 5.32 Å². The van der Waals surface area contributed by atoms with Gasteiger partial charge in [-0.3, -0.25) is 4.79 Å². The van der Waals surface area contributed by atoms with Gasteiger partial charge in [-0.25, -0.2) is 0 Å². The largest absolute Gasteiger partial charge is 0.356 e. The van der Waals surface area contributed by atoms with Gasteiger partial charge in [0.25, 0.3) is 0 Å². The number of hydrogen-bond donors (Lipinski definition) is 1. The first-order valence-corrected chi connectivity index (χ1v) is 6.97. The highest BCUT2D eigenvalue weighted by Gasteiger charge is 2.39. The van der Waals surface area contributed by atoms with Crippen molar-refractivity contribution in [2.24, 2.45) is 11.3 Å². The maximum absolute atomic E-state index is 11.0. The lowest BCUT2D eigenvalue weighted by molar-refractivity contribution is -0.124. The van der Waals surface area contributed by atoms with Gasteiger partial charge in [0.2, 0.25) is 5.91 Å². The normalized spacial score (nSPS) is 32.1. The Kier molecular flexibility index (Phi) is 7.44. The summed E-state index contributed by atoms with van der Waals surface area (Å²) in [6.45, 7) is 11.3. The second-order valence-electron chi connectivity index (χ2n) is 4.62. The molecule has 0 radical (unpaired) electrons. The molecule has 1 spiro atoms. The van der Waals surface area contributed by atoms with Crippen molar-refractivity contribution in [3.8, 4) is 0 Å². The molecule has 0 aromatic carbocycles. The number of piperidine rings is 1. The Bertz CT molecular complexity index is 191. The molecule has 0 aromatic heterocycles. The molecule has 2 atom stereocenters. The van der Waals surface area contributed by atoms with Crippen LogP contribution in [-0.4, -0.2) is 12.5 Å². The third-order valence-corrected chi connectivity index (χ3v) is 3.49. The fourth-order valence-electron chi connectivity index (χ4n) is 2.73. The fourth-order valence-corrected chi connectivity index (χ4v) is 2.73. The number of carbonyl (C=O) groups is 1. The van der Waals surface area contributed by atoms with Crippen LogP contribution in [0.5, 0.6) is 0 Å². The van der Waals surface area contributed by atoms with Crippen LogP contribution in [0.15, 0.2) is 0 Å². The molecule has 0 bridgehead atoms. The topological polar surface area (TPSA) is 29.1 Å². The van der Waals surface area contributed by atoms with Crippen molar-refractivity contribution < 1.29 is 4.79 Å². The molecule has 2 fully saturated rings. The average Bonchev–Trinajstić information content (AvgIpc) is 2.71. The summed E-state index contributed by atoms with van der Waals surface area (Å²) < 4.78 is 0. The van der Waals surface area contributed by atoms with Crippen molar-refractivity contribution in [1.82, 2.24) is 5.32 Å². The second-order valence-corrected chi connectivity index (χ2v) is 4.62. The van der Waals surface area contributed by atoms with Gasteiger partial charge in [-0.2, -0.15) is 0 Å². The van der Waals surface area contributed by atoms with Crippen molar-refractivity contribution in [1.29, 1.82) is 0 Å². The highest BCUT2D eigenvalue weighted by atomic mass is 16.1. The van der Waals surface area contributed by atoms with Crippen molar-refractivity contribution in [3.05, 3.63) is 0 Å². The van der Waals surface area contributed by atoms with Crippen LogP contribution in [0.3, 0.4) is 0 Å². The first kappa shape index (κ1) is 15.5. The molecular formula is C14H29NO. The maximum Gasteiger partial charge on any atom is 0.220 e. The number of nitrogens with one attached hydrogen (secondary N) is 1. The summed E-state index contributed by atoms with van der Waals surface area (Å²) in [6, 6.07) is 0. The van der Waals surface area contributed by atoms with Crippen LogP contribution in [0, 0.1) is 11.3 Å². The maximum atomic E-state index is 11.0. The quantitative estimate of drug-likeness (QED) is 0.671. The van der Waals surface area contributed by atoms with Gasteiger partial charge in [-0.05, 0) is 30.6 Å². The van der Waals surface area contributed by atoms with Crippen LogP contribution in [0.25, 0.3) is 0 Å². The van der Waals surface area contributed by atoms with E-state index in [1.54, 1.807) is 0 Å². The van der Waals surface area contributed by atoms with E-state index in [9.17, 15) is 4.79 Å². The summed E-state index contributed by atoms with van der Waals surface area (Å²) in [6.07, 6.45) is 5.90. The lowest BCUT2D eigenvalue weighted by Gasteiger charge is -2.33. The van der Waals surface area contributed by atoms with E-state index in [4.69, 9.17) is 0 Å². The Morgan fingerprint density at radius 3 is 2.19 bits per heavy atom. The zero-order valence-electron chi connectivity index (χ0n) is 11.7. The fraction of sp³-hybridized carbons (Fsp3) is 0.929. The van der Waals surface area contributed by atoms with Crippen LogP contribution < -0.4 is 5.32 Å². The molecule has 2 nitrogen and oxygen atoms in total. The summed E-state index contributed by atoms with van der Waals surface area (Å²) in [4.78, 5) is 11.0. The predicted octanol–water partition coefficient (Wildman–Crippen LogP) is 3.76. The van der Waals surface area contributed by atoms with E-state index < -0.39 is 0 Å². The van der Waals surface area contributed by atoms with Gasteiger partial charge in [0.05, 0.1) is 0 Å². The average molecular weight is 227 g/mol. The Labute approximate surface area is 101 Å². The lowest BCUT2D eigenvalue weighted by Crippen LogP contribution is -2.41. The van der Waals surface area contributed by atoms with Crippen LogP contribution in [0.4, 0.5) is 0 Å². The van der Waals surface area contributed by atoms with Gasteiger partial charge in [-0.15, -0.1) is 0 Å². The van der Waals surface area contributed by atoms with Gasteiger partial charge >= 0.3 is 0 Å². The zero-order valence-corrected chi connectivity index (χ0v) is 11.7. The first-order valence-electron chi connectivity index (χ1n) is 6.97. The van der Waals surface area contributed by atoms with Crippen molar-refractivity contribution in [2.75, 3.05) is 6.54 Å². The summed E-state index contributed by atoms with van der Waals surface area (Å²) in [5, 5.41) is 3.00. The van der Waals surface area contributed by atoms with E-state index in [1.165, 1.54) is 19.3 Å². The lowest BCUT2D eigenvalue weighted by atomic mass is 9.78.